The molecule has 1 aliphatic rings. The van der Waals surface area contributed by atoms with Crippen LogP contribution in [0.4, 0.5) is 0 Å². The maximum absolute atomic E-state index is 12.1. The Bertz CT molecular complexity index is 674. The smallest absolute Gasteiger partial charge is 0.222 e. The molecule has 25 heavy (non-hydrogen) atoms. The zero-order valence-electron chi connectivity index (χ0n) is 14.6. The minimum atomic E-state index is -0.0282. The van der Waals surface area contributed by atoms with Crippen molar-refractivity contribution in [2.75, 3.05) is 26.2 Å². The molecule has 134 valence electrons. The van der Waals surface area contributed by atoms with Crippen LogP contribution in [0.3, 0.4) is 0 Å². The fourth-order valence-corrected chi connectivity index (χ4v) is 3.77. The molecule has 5 nitrogen and oxygen atoms in total. The molecule has 0 radical (unpaired) electrons. The van der Waals surface area contributed by atoms with E-state index in [9.17, 15) is 4.79 Å². The number of aryl methyl sites for hydroxylation is 1. The van der Waals surface area contributed by atoms with Crippen molar-refractivity contribution in [1.29, 1.82) is 0 Å². The number of thiazole rings is 1. The van der Waals surface area contributed by atoms with Crippen LogP contribution < -0.4 is 5.32 Å². The van der Waals surface area contributed by atoms with Crippen molar-refractivity contribution in [2.45, 2.75) is 32.4 Å². The van der Waals surface area contributed by atoms with E-state index in [-0.39, 0.29) is 12.0 Å². The second-order valence-electron chi connectivity index (χ2n) is 6.40. The lowest BCUT2D eigenvalue weighted by Crippen LogP contribution is -2.44. The van der Waals surface area contributed by atoms with E-state index in [4.69, 9.17) is 4.74 Å². The van der Waals surface area contributed by atoms with E-state index in [0.717, 1.165) is 36.8 Å². The molecular weight excluding hydrogens is 334 g/mol. The SMILES string of the molecule is Cc1csc(CCNC(=O)C[C@@H]2CN(Cc3ccccc3)CCO2)n1. The zero-order chi connectivity index (χ0) is 17.5. The topological polar surface area (TPSA) is 54.5 Å². The van der Waals surface area contributed by atoms with E-state index < -0.39 is 0 Å². The number of carbonyl (C=O) groups is 1. The Labute approximate surface area is 153 Å². The summed E-state index contributed by atoms with van der Waals surface area (Å²) in [4.78, 5) is 18.9. The fourth-order valence-electron chi connectivity index (χ4n) is 2.99. The summed E-state index contributed by atoms with van der Waals surface area (Å²) in [7, 11) is 0. The van der Waals surface area contributed by atoms with Gasteiger partial charge in [-0.1, -0.05) is 30.3 Å². The molecule has 1 aliphatic heterocycles. The van der Waals surface area contributed by atoms with Gasteiger partial charge in [0.05, 0.1) is 24.1 Å². The van der Waals surface area contributed by atoms with Crippen LogP contribution >= 0.6 is 11.3 Å². The normalized spacial score (nSPS) is 18.2. The number of nitrogens with zero attached hydrogens (tertiary/aromatic N) is 2. The highest BCUT2D eigenvalue weighted by molar-refractivity contribution is 7.09. The number of amides is 1. The van der Waals surface area contributed by atoms with Gasteiger partial charge in [0.1, 0.15) is 0 Å². The summed E-state index contributed by atoms with van der Waals surface area (Å²) >= 11 is 1.64. The summed E-state index contributed by atoms with van der Waals surface area (Å²) in [6, 6.07) is 10.4. The van der Waals surface area contributed by atoms with Gasteiger partial charge in [-0.15, -0.1) is 11.3 Å². The molecule has 0 unspecified atom stereocenters. The quantitative estimate of drug-likeness (QED) is 0.825. The Morgan fingerprint density at radius 1 is 1.40 bits per heavy atom. The molecule has 6 heteroatoms. The second-order valence-corrected chi connectivity index (χ2v) is 7.34. The second kappa shape index (κ2) is 9.08. The molecule has 0 saturated carbocycles. The molecular formula is C19H25N3O2S. The highest BCUT2D eigenvalue weighted by Crippen LogP contribution is 2.13. The molecule has 0 bridgehead atoms. The number of hydrogen-bond donors (Lipinski definition) is 1. The van der Waals surface area contributed by atoms with Gasteiger partial charge in [0.15, 0.2) is 0 Å². The third-order valence-corrected chi connectivity index (χ3v) is 5.24. The largest absolute Gasteiger partial charge is 0.375 e. The van der Waals surface area contributed by atoms with Gasteiger partial charge >= 0.3 is 0 Å². The van der Waals surface area contributed by atoms with Crippen LogP contribution in [0.25, 0.3) is 0 Å². The summed E-state index contributed by atoms with van der Waals surface area (Å²) in [5.74, 6) is 0.0554. The molecule has 1 saturated heterocycles. The monoisotopic (exact) mass is 359 g/mol. The van der Waals surface area contributed by atoms with Gasteiger partial charge in [-0.2, -0.15) is 0 Å². The van der Waals surface area contributed by atoms with E-state index >= 15 is 0 Å². The molecule has 0 spiro atoms. The molecule has 1 fully saturated rings. The summed E-state index contributed by atoms with van der Waals surface area (Å²) in [5.41, 5.74) is 2.34. The fraction of sp³-hybridized carbons (Fsp3) is 0.474. The molecule has 1 amide bonds. The average Bonchev–Trinajstić information content (AvgIpc) is 3.01. The lowest BCUT2D eigenvalue weighted by Gasteiger charge is -2.32. The number of aromatic nitrogens is 1. The van der Waals surface area contributed by atoms with E-state index in [0.29, 0.717) is 19.6 Å². The van der Waals surface area contributed by atoms with Gasteiger partial charge < -0.3 is 10.1 Å². The first-order valence-corrected chi connectivity index (χ1v) is 9.62. The zero-order valence-corrected chi connectivity index (χ0v) is 15.4. The van der Waals surface area contributed by atoms with Crippen LogP contribution in [0.2, 0.25) is 0 Å². The molecule has 1 N–H and O–H groups in total. The Morgan fingerprint density at radius 2 is 2.24 bits per heavy atom. The van der Waals surface area contributed by atoms with Crippen molar-refractivity contribution < 1.29 is 9.53 Å². The van der Waals surface area contributed by atoms with Crippen molar-refractivity contribution in [3.63, 3.8) is 0 Å². The van der Waals surface area contributed by atoms with Crippen molar-refractivity contribution in [3.05, 3.63) is 52.0 Å². The maximum atomic E-state index is 12.1. The number of ether oxygens (including phenoxy) is 1. The number of hydrogen-bond acceptors (Lipinski definition) is 5. The van der Waals surface area contributed by atoms with Gasteiger partial charge in [-0.25, -0.2) is 4.98 Å². The average molecular weight is 359 g/mol. The van der Waals surface area contributed by atoms with E-state index in [1.54, 1.807) is 11.3 Å². The number of nitrogens with one attached hydrogen (secondary N) is 1. The Morgan fingerprint density at radius 3 is 3.00 bits per heavy atom. The predicted molar refractivity (Wildman–Crippen MR) is 99.6 cm³/mol. The van der Waals surface area contributed by atoms with Crippen molar-refractivity contribution in [2.24, 2.45) is 0 Å². The molecule has 1 atom stereocenters. The number of carbonyl (C=O) groups excluding carboxylic acids is 1. The number of rotatable bonds is 7. The van der Waals surface area contributed by atoms with Gasteiger partial charge in [0.25, 0.3) is 0 Å². The Kier molecular flexibility index (Phi) is 6.55. The number of morpholine rings is 1. The molecule has 3 rings (SSSR count). The summed E-state index contributed by atoms with van der Waals surface area (Å²) in [6.07, 6.45) is 1.18. The molecule has 1 aromatic carbocycles. The van der Waals surface area contributed by atoms with Crippen LogP contribution in [0.1, 0.15) is 22.7 Å². The Hall–Kier alpha value is -1.76. The van der Waals surface area contributed by atoms with Gasteiger partial charge in [0.2, 0.25) is 5.91 Å². The molecule has 2 aromatic rings. The van der Waals surface area contributed by atoms with Crippen molar-refractivity contribution in [3.8, 4) is 0 Å². The van der Waals surface area contributed by atoms with Gasteiger partial charge in [-0.05, 0) is 12.5 Å². The lowest BCUT2D eigenvalue weighted by molar-refractivity contribution is -0.126. The molecule has 2 heterocycles. The minimum absolute atomic E-state index is 0.0282. The summed E-state index contributed by atoms with van der Waals surface area (Å²) in [6.45, 7) is 5.92. The van der Waals surface area contributed by atoms with Gasteiger partial charge in [0, 0.05) is 43.7 Å². The third-order valence-electron chi connectivity index (χ3n) is 4.21. The highest BCUT2D eigenvalue weighted by Gasteiger charge is 2.22. The standard InChI is InChI=1S/C19H25N3O2S/c1-15-14-25-19(21-15)7-8-20-18(23)11-17-13-22(9-10-24-17)12-16-5-3-2-4-6-16/h2-6,14,17H,7-13H2,1H3,(H,20,23)/t17-/m1/s1. The van der Waals surface area contributed by atoms with Crippen molar-refractivity contribution in [1.82, 2.24) is 15.2 Å². The third kappa shape index (κ3) is 5.92. The highest BCUT2D eigenvalue weighted by atomic mass is 32.1. The minimum Gasteiger partial charge on any atom is -0.375 e. The van der Waals surface area contributed by atoms with Crippen LogP contribution in [-0.4, -0.2) is 48.1 Å². The van der Waals surface area contributed by atoms with Crippen LogP contribution in [0.5, 0.6) is 0 Å². The van der Waals surface area contributed by atoms with Crippen LogP contribution in [-0.2, 0) is 22.5 Å². The van der Waals surface area contributed by atoms with E-state index in [2.05, 4.69) is 39.5 Å². The van der Waals surface area contributed by atoms with Crippen LogP contribution in [0.15, 0.2) is 35.7 Å². The summed E-state index contributed by atoms with van der Waals surface area (Å²) < 4.78 is 5.77. The van der Waals surface area contributed by atoms with Crippen molar-refractivity contribution >= 4 is 17.2 Å². The number of benzene rings is 1. The van der Waals surface area contributed by atoms with E-state index in [1.165, 1.54) is 5.56 Å². The summed E-state index contributed by atoms with van der Waals surface area (Å²) in [5, 5.41) is 6.09. The first kappa shape index (κ1) is 18.0. The maximum Gasteiger partial charge on any atom is 0.222 e. The Balaban J connectivity index is 1.38. The predicted octanol–water partition coefficient (Wildman–Crippen LogP) is 2.40. The molecule has 1 aromatic heterocycles. The molecule has 0 aliphatic carbocycles. The lowest BCUT2D eigenvalue weighted by atomic mass is 10.1. The first-order chi connectivity index (χ1) is 12.2. The van der Waals surface area contributed by atoms with Gasteiger partial charge in [-0.3, -0.25) is 9.69 Å². The first-order valence-electron chi connectivity index (χ1n) is 8.74. The van der Waals surface area contributed by atoms with E-state index in [1.807, 2.05) is 18.4 Å². The van der Waals surface area contributed by atoms with Crippen LogP contribution in [0, 0.1) is 6.92 Å².